The molecule has 1 aromatic carbocycles. The van der Waals surface area contributed by atoms with E-state index in [9.17, 15) is 0 Å². The number of rotatable bonds is 0. The van der Waals surface area contributed by atoms with Crippen molar-refractivity contribution in [2.45, 2.75) is 12.5 Å². The Morgan fingerprint density at radius 2 is 2.42 bits per heavy atom. The molecule has 1 atom stereocenters. The zero-order valence-electron chi connectivity index (χ0n) is 6.59. The summed E-state index contributed by atoms with van der Waals surface area (Å²) in [5.41, 5.74) is 6.88. The van der Waals surface area contributed by atoms with Crippen molar-refractivity contribution in [1.82, 2.24) is 0 Å². The summed E-state index contributed by atoms with van der Waals surface area (Å²) in [5, 5.41) is 0. The second kappa shape index (κ2) is 4.04. The monoisotopic (exact) mass is 335 g/mol. The Bertz CT molecular complexity index is 264. The van der Waals surface area contributed by atoms with Crippen molar-refractivity contribution in [2.24, 2.45) is 5.73 Å². The van der Waals surface area contributed by atoms with E-state index in [0.29, 0.717) is 6.61 Å². The Morgan fingerprint density at radius 3 is 3.25 bits per heavy atom. The van der Waals surface area contributed by atoms with E-state index in [-0.39, 0.29) is 26.5 Å². The summed E-state index contributed by atoms with van der Waals surface area (Å²) >= 11 is 0. The van der Waals surface area contributed by atoms with Gasteiger partial charge in [0.15, 0.2) is 0 Å². The minimum Gasteiger partial charge on any atom is -0.518 e. The quantitative estimate of drug-likeness (QED) is 0.711. The number of fused-ring (bicyclic) bond motifs is 1. The molecule has 0 saturated carbocycles. The smallest absolute Gasteiger partial charge is 0.0994 e. The first-order valence-electron chi connectivity index (χ1n) is 3.74. The Morgan fingerprint density at radius 1 is 1.58 bits per heavy atom. The van der Waals surface area contributed by atoms with Crippen LogP contribution >= 0.6 is 0 Å². The van der Waals surface area contributed by atoms with Crippen LogP contribution in [0, 0.1) is 6.07 Å². The van der Waals surface area contributed by atoms with Gasteiger partial charge in [-0.15, -0.1) is 11.6 Å². The standard InChI is InChI=1S/C9H10NO.Re/c10-8-5-7-3-1-2-4-9(7)11-6-8;/h1-3,8H,5-6,10H2;/q-1;. The van der Waals surface area contributed by atoms with Crippen molar-refractivity contribution < 1.29 is 25.2 Å². The van der Waals surface area contributed by atoms with Gasteiger partial charge in [0.2, 0.25) is 0 Å². The van der Waals surface area contributed by atoms with Crippen molar-refractivity contribution in [3.63, 3.8) is 0 Å². The van der Waals surface area contributed by atoms with Gasteiger partial charge < -0.3 is 10.5 Å². The van der Waals surface area contributed by atoms with Crippen molar-refractivity contribution in [2.75, 3.05) is 6.61 Å². The number of para-hydroxylation sites is 1. The van der Waals surface area contributed by atoms with Crippen molar-refractivity contribution in [1.29, 1.82) is 0 Å². The van der Waals surface area contributed by atoms with Crippen LogP contribution in [-0.2, 0) is 26.8 Å². The third-order valence-corrected chi connectivity index (χ3v) is 1.82. The predicted molar refractivity (Wildman–Crippen MR) is 42.5 cm³/mol. The van der Waals surface area contributed by atoms with Gasteiger partial charge in [-0.1, -0.05) is 6.42 Å². The maximum Gasteiger partial charge on any atom is 0.0994 e. The Labute approximate surface area is 85.8 Å². The zero-order chi connectivity index (χ0) is 7.68. The minimum atomic E-state index is 0. The number of hydrogen-bond donors (Lipinski definition) is 1. The molecule has 12 heavy (non-hydrogen) atoms. The van der Waals surface area contributed by atoms with E-state index in [1.807, 2.05) is 18.2 Å². The number of nitrogens with two attached hydrogens (primary N) is 1. The molecule has 1 aliphatic rings. The number of ether oxygens (including phenoxy) is 1. The van der Waals surface area contributed by atoms with E-state index in [2.05, 4.69) is 6.07 Å². The fourth-order valence-corrected chi connectivity index (χ4v) is 1.28. The third kappa shape index (κ3) is 1.87. The van der Waals surface area contributed by atoms with Crippen LogP contribution in [0.25, 0.3) is 0 Å². The second-order valence-electron chi connectivity index (χ2n) is 2.80. The van der Waals surface area contributed by atoms with E-state index in [1.165, 1.54) is 5.56 Å². The van der Waals surface area contributed by atoms with Gasteiger partial charge in [-0.25, -0.2) is 0 Å². The van der Waals surface area contributed by atoms with Gasteiger partial charge in [-0.05, 0) is 0 Å². The maximum atomic E-state index is 5.71. The molecule has 2 N–H and O–H groups in total. The van der Waals surface area contributed by atoms with Gasteiger partial charge in [-0.3, -0.25) is 0 Å². The van der Waals surface area contributed by atoms with E-state index in [4.69, 9.17) is 10.5 Å². The van der Waals surface area contributed by atoms with Crippen LogP contribution in [0.5, 0.6) is 5.75 Å². The number of hydrogen-bond acceptors (Lipinski definition) is 2. The van der Waals surface area contributed by atoms with Gasteiger partial charge in [0.25, 0.3) is 0 Å². The second-order valence-corrected chi connectivity index (χ2v) is 2.80. The molecule has 0 amide bonds. The zero-order valence-corrected chi connectivity index (χ0v) is 9.30. The summed E-state index contributed by atoms with van der Waals surface area (Å²) in [4.78, 5) is 0. The summed E-state index contributed by atoms with van der Waals surface area (Å²) < 4.78 is 5.36. The molecule has 0 fully saturated rings. The van der Waals surface area contributed by atoms with E-state index in [1.54, 1.807) is 0 Å². The van der Waals surface area contributed by atoms with Crippen molar-refractivity contribution >= 4 is 0 Å². The molecular formula is C9H10NORe-. The molecule has 2 rings (SSSR count). The molecule has 1 radical (unpaired) electrons. The van der Waals surface area contributed by atoms with Crippen LogP contribution in [0.3, 0.4) is 0 Å². The molecule has 65 valence electrons. The maximum absolute atomic E-state index is 5.71. The van der Waals surface area contributed by atoms with Crippen molar-refractivity contribution in [3.8, 4) is 5.75 Å². The molecule has 1 aromatic rings. The Balaban J connectivity index is 0.000000720. The number of benzene rings is 1. The van der Waals surface area contributed by atoms with E-state index >= 15 is 0 Å². The fraction of sp³-hybridized carbons (Fsp3) is 0.333. The molecular weight excluding hydrogens is 324 g/mol. The van der Waals surface area contributed by atoms with Crippen LogP contribution in [0.1, 0.15) is 5.56 Å². The molecule has 1 aliphatic heterocycles. The van der Waals surface area contributed by atoms with Crippen LogP contribution < -0.4 is 10.5 Å². The summed E-state index contributed by atoms with van der Waals surface area (Å²) in [6, 6.07) is 9.03. The van der Waals surface area contributed by atoms with Gasteiger partial charge in [0, 0.05) is 32.2 Å². The molecule has 0 aromatic heterocycles. The average Bonchev–Trinajstić information content (AvgIpc) is 2.04. The Kier molecular flexibility index (Phi) is 3.28. The minimum absolute atomic E-state index is 0. The van der Waals surface area contributed by atoms with Gasteiger partial charge in [0.05, 0.1) is 6.61 Å². The SMILES string of the molecule is NC1COc2[c-]cccc2C1.[Re]. The van der Waals surface area contributed by atoms with Gasteiger partial charge >= 0.3 is 0 Å². The summed E-state index contributed by atoms with van der Waals surface area (Å²) in [7, 11) is 0. The molecule has 0 saturated heterocycles. The normalized spacial score (nSPS) is 20.2. The average molecular weight is 334 g/mol. The molecule has 3 heteroatoms. The summed E-state index contributed by atoms with van der Waals surface area (Å²) in [6.07, 6.45) is 0.909. The van der Waals surface area contributed by atoms with E-state index < -0.39 is 0 Å². The first-order chi connectivity index (χ1) is 5.36. The third-order valence-electron chi connectivity index (χ3n) is 1.82. The van der Waals surface area contributed by atoms with Crippen LogP contribution in [0.4, 0.5) is 0 Å². The van der Waals surface area contributed by atoms with E-state index in [0.717, 1.165) is 12.2 Å². The fourth-order valence-electron chi connectivity index (χ4n) is 1.28. The Hall–Kier alpha value is -0.358. The molecule has 1 unspecified atom stereocenters. The molecule has 0 bridgehead atoms. The van der Waals surface area contributed by atoms with Gasteiger partial charge in [-0.2, -0.15) is 18.2 Å². The van der Waals surface area contributed by atoms with Gasteiger partial charge in [0.1, 0.15) is 0 Å². The van der Waals surface area contributed by atoms with Crippen LogP contribution in [0.15, 0.2) is 18.2 Å². The first-order valence-corrected chi connectivity index (χ1v) is 3.74. The molecule has 2 nitrogen and oxygen atoms in total. The summed E-state index contributed by atoms with van der Waals surface area (Å²) in [6.45, 7) is 0.619. The molecule has 0 aliphatic carbocycles. The topological polar surface area (TPSA) is 35.2 Å². The molecule has 1 heterocycles. The van der Waals surface area contributed by atoms with Crippen molar-refractivity contribution in [3.05, 3.63) is 29.8 Å². The molecule has 0 spiro atoms. The largest absolute Gasteiger partial charge is 0.518 e. The summed E-state index contributed by atoms with van der Waals surface area (Å²) in [5.74, 6) is 0.870. The van der Waals surface area contributed by atoms with Crippen LogP contribution in [-0.4, -0.2) is 12.6 Å². The first kappa shape index (κ1) is 9.73. The van der Waals surface area contributed by atoms with Crippen LogP contribution in [0.2, 0.25) is 0 Å². The predicted octanol–water partition coefficient (Wildman–Crippen LogP) is 0.746.